The van der Waals surface area contributed by atoms with E-state index < -0.39 is 0 Å². The lowest BCUT2D eigenvalue weighted by Gasteiger charge is -2.16. The summed E-state index contributed by atoms with van der Waals surface area (Å²) in [5.74, 6) is -0.307. The first kappa shape index (κ1) is 16.5. The van der Waals surface area contributed by atoms with Crippen LogP contribution in [0.1, 0.15) is 24.8 Å². The van der Waals surface area contributed by atoms with Gasteiger partial charge < -0.3 is 4.90 Å². The summed E-state index contributed by atoms with van der Waals surface area (Å²) in [6.45, 7) is 1.97. The molecule has 2 N–H and O–H groups in total. The fraction of sp³-hybridized carbons (Fsp3) is 0.389. The first-order valence-electron chi connectivity index (χ1n) is 7.78. The van der Waals surface area contributed by atoms with Gasteiger partial charge in [-0.2, -0.15) is 0 Å². The zero-order chi connectivity index (χ0) is 15.8. The average molecular weight is 300 g/mol. The van der Waals surface area contributed by atoms with Gasteiger partial charge in [0.05, 0.1) is 0 Å². The minimum absolute atomic E-state index is 0.307. The van der Waals surface area contributed by atoms with E-state index in [0.29, 0.717) is 6.42 Å². The Hall–Kier alpha value is -1.91. The van der Waals surface area contributed by atoms with Crippen LogP contribution in [0.2, 0.25) is 0 Å². The molecule has 0 saturated carbocycles. The van der Waals surface area contributed by atoms with Crippen LogP contribution in [-0.2, 0) is 11.2 Å². The normalized spacial score (nSPS) is 11.0. The van der Waals surface area contributed by atoms with Gasteiger partial charge in [-0.05, 0) is 49.2 Å². The molecule has 0 unspecified atom stereocenters. The molecule has 0 radical (unpaired) electrons. The number of benzene rings is 2. The first-order chi connectivity index (χ1) is 10.7. The molecule has 0 aliphatic heterocycles. The van der Waals surface area contributed by atoms with Crippen LogP contribution in [0, 0.1) is 0 Å². The molecule has 2 rings (SSSR count). The van der Waals surface area contributed by atoms with E-state index in [1.165, 1.54) is 16.3 Å². The smallest absolute Gasteiger partial charge is 0.243 e. The third kappa shape index (κ3) is 5.13. The maximum absolute atomic E-state index is 10.9. The molecule has 22 heavy (non-hydrogen) atoms. The number of hydrogen-bond donors (Lipinski definition) is 2. The van der Waals surface area contributed by atoms with Crippen LogP contribution < -0.4 is 5.48 Å². The SMILES string of the molecule is CN(CCCCC(=O)NO)CCc1ccc2ccccc2c1. The third-order valence-corrected chi connectivity index (χ3v) is 3.91. The molecule has 4 nitrogen and oxygen atoms in total. The predicted molar refractivity (Wildman–Crippen MR) is 88.9 cm³/mol. The minimum Gasteiger partial charge on any atom is -0.306 e. The third-order valence-electron chi connectivity index (χ3n) is 3.91. The van der Waals surface area contributed by atoms with Crippen molar-refractivity contribution in [2.45, 2.75) is 25.7 Å². The van der Waals surface area contributed by atoms with Gasteiger partial charge in [-0.3, -0.25) is 10.0 Å². The van der Waals surface area contributed by atoms with Crippen molar-refractivity contribution in [1.82, 2.24) is 10.4 Å². The van der Waals surface area contributed by atoms with Crippen LogP contribution in [0.4, 0.5) is 0 Å². The molecule has 0 atom stereocenters. The van der Waals surface area contributed by atoms with Gasteiger partial charge in [0.25, 0.3) is 0 Å². The molecule has 0 aliphatic carbocycles. The van der Waals surface area contributed by atoms with Gasteiger partial charge in [0.15, 0.2) is 0 Å². The van der Waals surface area contributed by atoms with E-state index in [0.717, 1.165) is 32.4 Å². The zero-order valence-electron chi connectivity index (χ0n) is 13.1. The highest BCUT2D eigenvalue weighted by Crippen LogP contribution is 2.16. The number of likely N-dealkylation sites (N-methyl/N-ethyl adjacent to an activating group) is 1. The van der Waals surface area contributed by atoms with Crippen molar-refractivity contribution >= 4 is 16.7 Å². The Morgan fingerprint density at radius 1 is 1.09 bits per heavy atom. The highest BCUT2D eigenvalue weighted by molar-refractivity contribution is 5.82. The van der Waals surface area contributed by atoms with Crippen molar-refractivity contribution in [1.29, 1.82) is 0 Å². The highest BCUT2D eigenvalue weighted by Gasteiger charge is 2.03. The van der Waals surface area contributed by atoms with Gasteiger partial charge in [0.2, 0.25) is 5.91 Å². The Bertz CT molecular complexity index is 613. The molecule has 2 aromatic carbocycles. The number of fused-ring (bicyclic) bond motifs is 1. The van der Waals surface area contributed by atoms with Crippen molar-refractivity contribution < 1.29 is 10.0 Å². The number of nitrogens with one attached hydrogen (secondary N) is 1. The number of carbonyl (C=O) groups is 1. The number of hydrogen-bond acceptors (Lipinski definition) is 3. The minimum atomic E-state index is -0.307. The number of carbonyl (C=O) groups excluding carboxylic acids is 1. The average Bonchev–Trinajstić information content (AvgIpc) is 2.56. The molecule has 0 saturated heterocycles. The standard InChI is InChI=1S/C18H24N2O2/c1-20(12-5-4-8-18(21)19-22)13-11-15-9-10-16-6-2-3-7-17(16)14-15/h2-3,6-7,9-10,14,22H,4-5,8,11-13H2,1H3,(H,19,21). The number of rotatable bonds is 8. The fourth-order valence-corrected chi connectivity index (χ4v) is 2.55. The van der Waals surface area contributed by atoms with Crippen LogP contribution in [-0.4, -0.2) is 36.2 Å². The summed E-state index contributed by atoms with van der Waals surface area (Å²) in [5.41, 5.74) is 3.01. The summed E-state index contributed by atoms with van der Waals surface area (Å²) in [5, 5.41) is 11.0. The van der Waals surface area contributed by atoms with Crippen LogP contribution in [0.5, 0.6) is 0 Å². The van der Waals surface area contributed by atoms with Gasteiger partial charge in [0.1, 0.15) is 0 Å². The Kier molecular flexibility index (Phi) is 6.37. The second kappa shape index (κ2) is 8.51. The lowest BCUT2D eigenvalue weighted by Crippen LogP contribution is -2.23. The molecule has 0 heterocycles. The van der Waals surface area contributed by atoms with E-state index in [4.69, 9.17) is 5.21 Å². The quantitative estimate of drug-likeness (QED) is 0.448. The van der Waals surface area contributed by atoms with Crippen LogP contribution >= 0.6 is 0 Å². The topological polar surface area (TPSA) is 52.6 Å². The summed E-state index contributed by atoms with van der Waals surface area (Å²) < 4.78 is 0. The van der Waals surface area contributed by atoms with Crippen molar-refractivity contribution in [3.05, 3.63) is 48.0 Å². The number of hydroxylamine groups is 1. The van der Waals surface area contributed by atoms with E-state index in [9.17, 15) is 4.79 Å². The molecule has 2 aromatic rings. The summed E-state index contributed by atoms with van der Waals surface area (Å²) >= 11 is 0. The molecular formula is C18H24N2O2. The summed E-state index contributed by atoms with van der Waals surface area (Å²) in [4.78, 5) is 13.2. The maximum atomic E-state index is 10.9. The highest BCUT2D eigenvalue weighted by atomic mass is 16.5. The van der Waals surface area contributed by atoms with E-state index in [2.05, 4.69) is 54.4 Å². The van der Waals surface area contributed by atoms with Gasteiger partial charge in [-0.15, -0.1) is 0 Å². The molecule has 0 fully saturated rings. The molecule has 4 heteroatoms. The predicted octanol–water partition coefficient (Wildman–Crippen LogP) is 2.99. The van der Waals surface area contributed by atoms with E-state index in [1.54, 1.807) is 5.48 Å². The second-order valence-electron chi connectivity index (χ2n) is 5.73. The van der Waals surface area contributed by atoms with Gasteiger partial charge in [-0.25, -0.2) is 5.48 Å². The van der Waals surface area contributed by atoms with E-state index >= 15 is 0 Å². The fourth-order valence-electron chi connectivity index (χ4n) is 2.55. The Labute approximate surface area is 131 Å². The molecule has 118 valence electrons. The summed E-state index contributed by atoms with van der Waals surface area (Å²) in [7, 11) is 2.10. The molecule has 0 spiro atoms. The summed E-state index contributed by atoms with van der Waals surface area (Å²) in [6.07, 6.45) is 3.17. The Morgan fingerprint density at radius 3 is 2.64 bits per heavy atom. The zero-order valence-corrected chi connectivity index (χ0v) is 13.1. The largest absolute Gasteiger partial charge is 0.306 e. The van der Waals surface area contributed by atoms with Crippen LogP contribution in [0.25, 0.3) is 10.8 Å². The lowest BCUT2D eigenvalue weighted by molar-refractivity contribution is -0.129. The van der Waals surface area contributed by atoms with Gasteiger partial charge in [-0.1, -0.05) is 42.5 Å². The van der Waals surface area contributed by atoms with Crippen LogP contribution in [0.3, 0.4) is 0 Å². The van der Waals surface area contributed by atoms with E-state index in [1.807, 2.05) is 0 Å². The van der Waals surface area contributed by atoms with Gasteiger partial charge >= 0.3 is 0 Å². The Morgan fingerprint density at radius 2 is 1.86 bits per heavy atom. The maximum Gasteiger partial charge on any atom is 0.243 e. The molecular weight excluding hydrogens is 276 g/mol. The van der Waals surface area contributed by atoms with E-state index in [-0.39, 0.29) is 5.91 Å². The van der Waals surface area contributed by atoms with Crippen molar-refractivity contribution in [3.8, 4) is 0 Å². The second-order valence-corrected chi connectivity index (χ2v) is 5.73. The van der Waals surface area contributed by atoms with Crippen LogP contribution in [0.15, 0.2) is 42.5 Å². The monoisotopic (exact) mass is 300 g/mol. The lowest BCUT2D eigenvalue weighted by atomic mass is 10.1. The van der Waals surface area contributed by atoms with Gasteiger partial charge in [0, 0.05) is 13.0 Å². The van der Waals surface area contributed by atoms with Crippen molar-refractivity contribution in [2.24, 2.45) is 0 Å². The number of amides is 1. The first-order valence-corrected chi connectivity index (χ1v) is 7.78. The molecule has 0 bridgehead atoms. The molecule has 0 aliphatic rings. The molecule has 0 aromatic heterocycles. The number of nitrogens with zero attached hydrogens (tertiary/aromatic N) is 1. The number of unbranched alkanes of at least 4 members (excludes halogenated alkanes) is 1. The van der Waals surface area contributed by atoms with Crippen molar-refractivity contribution in [2.75, 3.05) is 20.1 Å². The van der Waals surface area contributed by atoms with Crippen molar-refractivity contribution in [3.63, 3.8) is 0 Å². The Balaban J connectivity index is 1.73. The summed E-state index contributed by atoms with van der Waals surface area (Å²) in [6, 6.07) is 15.0. The molecule has 1 amide bonds.